The summed E-state index contributed by atoms with van der Waals surface area (Å²) in [5, 5.41) is 11.9. The minimum absolute atomic E-state index is 0.0926. The Morgan fingerprint density at radius 3 is 2.65 bits per heavy atom. The zero-order valence-corrected chi connectivity index (χ0v) is 18.7. The molecule has 2 aromatic carbocycles. The predicted octanol–water partition coefficient (Wildman–Crippen LogP) is 4.12. The normalized spacial score (nSPS) is 11.6. The lowest BCUT2D eigenvalue weighted by atomic mass is 10.2. The molecule has 0 unspecified atom stereocenters. The second-order valence-corrected chi connectivity index (χ2v) is 7.87. The van der Waals surface area contributed by atoms with Crippen LogP contribution in [-0.2, 0) is 4.79 Å². The summed E-state index contributed by atoms with van der Waals surface area (Å²) >= 11 is 1.34. The summed E-state index contributed by atoms with van der Waals surface area (Å²) in [5.74, 6) is 2.01. The van der Waals surface area contributed by atoms with E-state index in [9.17, 15) is 4.79 Å². The Labute approximate surface area is 186 Å². The van der Waals surface area contributed by atoms with Gasteiger partial charge in [-0.05, 0) is 50.2 Å². The van der Waals surface area contributed by atoms with Crippen LogP contribution in [0.4, 0.5) is 0 Å². The van der Waals surface area contributed by atoms with E-state index in [1.165, 1.54) is 11.8 Å². The first-order chi connectivity index (χ1) is 15.1. The fourth-order valence-electron chi connectivity index (χ4n) is 2.97. The SMILES string of the molecule is C=CCNC(=O)[C@H](C)Sc1nnc(-c2ccccc2OC)n1-c1ccc(OCC)cc1. The lowest BCUT2D eigenvalue weighted by molar-refractivity contribution is -0.120. The highest BCUT2D eigenvalue weighted by Crippen LogP contribution is 2.34. The molecule has 3 aromatic rings. The van der Waals surface area contributed by atoms with Crippen LogP contribution in [0.3, 0.4) is 0 Å². The van der Waals surface area contributed by atoms with Gasteiger partial charge in [-0.15, -0.1) is 16.8 Å². The van der Waals surface area contributed by atoms with Crippen LogP contribution < -0.4 is 14.8 Å². The molecule has 1 aromatic heterocycles. The number of nitrogens with one attached hydrogen (secondary N) is 1. The maximum absolute atomic E-state index is 12.4. The van der Waals surface area contributed by atoms with E-state index in [-0.39, 0.29) is 11.2 Å². The van der Waals surface area contributed by atoms with Crippen LogP contribution in [0.2, 0.25) is 0 Å². The van der Waals surface area contributed by atoms with Crippen LogP contribution in [0.15, 0.2) is 66.3 Å². The highest BCUT2D eigenvalue weighted by molar-refractivity contribution is 8.00. The van der Waals surface area contributed by atoms with E-state index in [4.69, 9.17) is 9.47 Å². The molecule has 0 spiro atoms. The number of hydrogen-bond donors (Lipinski definition) is 1. The van der Waals surface area contributed by atoms with Gasteiger partial charge >= 0.3 is 0 Å². The van der Waals surface area contributed by atoms with Crippen LogP contribution in [0.5, 0.6) is 11.5 Å². The first kappa shape index (κ1) is 22.4. The number of aromatic nitrogens is 3. The molecule has 162 valence electrons. The Kier molecular flexibility index (Phi) is 7.72. The van der Waals surface area contributed by atoms with Gasteiger partial charge in [-0.2, -0.15) is 0 Å². The Morgan fingerprint density at radius 1 is 1.23 bits per heavy atom. The maximum atomic E-state index is 12.4. The largest absolute Gasteiger partial charge is 0.496 e. The van der Waals surface area contributed by atoms with Crippen molar-refractivity contribution in [3.8, 4) is 28.6 Å². The molecule has 31 heavy (non-hydrogen) atoms. The summed E-state index contributed by atoms with van der Waals surface area (Å²) in [4.78, 5) is 12.4. The summed E-state index contributed by atoms with van der Waals surface area (Å²) in [6.45, 7) is 8.43. The minimum Gasteiger partial charge on any atom is -0.496 e. The summed E-state index contributed by atoms with van der Waals surface area (Å²) in [7, 11) is 1.62. The predicted molar refractivity (Wildman–Crippen MR) is 123 cm³/mol. The number of nitrogens with zero attached hydrogens (tertiary/aromatic N) is 3. The molecule has 3 rings (SSSR count). The first-order valence-electron chi connectivity index (χ1n) is 9.96. The van der Waals surface area contributed by atoms with E-state index < -0.39 is 0 Å². The van der Waals surface area contributed by atoms with E-state index >= 15 is 0 Å². The fraction of sp³-hybridized carbons (Fsp3) is 0.261. The molecule has 1 amide bonds. The summed E-state index contributed by atoms with van der Waals surface area (Å²) in [6, 6.07) is 15.3. The van der Waals surface area contributed by atoms with Crippen LogP contribution in [-0.4, -0.2) is 46.2 Å². The van der Waals surface area contributed by atoms with Crippen LogP contribution in [0.25, 0.3) is 17.1 Å². The van der Waals surface area contributed by atoms with Crippen molar-refractivity contribution in [2.75, 3.05) is 20.3 Å². The quantitative estimate of drug-likeness (QED) is 0.379. The smallest absolute Gasteiger partial charge is 0.233 e. The van der Waals surface area contributed by atoms with E-state index in [1.54, 1.807) is 13.2 Å². The van der Waals surface area contributed by atoms with E-state index in [0.717, 1.165) is 17.0 Å². The van der Waals surface area contributed by atoms with Crippen LogP contribution >= 0.6 is 11.8 Å². The Bertz CT molecular complexity index is 1030. The van der Waals surface area contributed by atoms with Gasteiger partial charge in [0.2, 0.25) is 5.91 Å². The van der Waals surface area contributed by atoms with Crippen molar-refractivity contribution in [1.29, 1.82) is 0 Å². The number of rotatable bonds is 10. The molecule has 0 saturated heterocycles. The average molecular weight is 439 g/mol. The van der Waals surface area contributed by atoms with E-state index in [2.05, 4.69) is 22.1 Å². The van der Waals surface area contributed by atoms with Crippen LogP contribution in [0, 0.1) is 0 Å². The molecule has 0 aliphatic rings. The van der Waals surface area contributed by atoms with Crippen molar-refractivity contribution in [2.45, 2.75) is 24.3 Å². The van der Waals surface area contributed by atoms with Gasteiger partial charge in [0.1, 0.15) is 11.5 Å². The second-order valence-electron chi connectivity index (χ2n) is 6.56. The van der Waals surface area contributed by atoms with Crippen molar-refractivity contribution in [3.05, 3.63) is 61.2 Å². The molecule has 0 aliphatic heterocycles. The zero-order chi connectivity index (χ0) is 22.2. The molecule has 1 atom stereocenters. The number of para-hydroxylation sites is 1. The van der Waals surface area contributed by atoms with Gasteiger partial charge in [0.05, 0.1) is 30.2 Å². The highest BCUT2D eigenvalue weighted by Gasteiger charge is 2.23. The van der Waals surface area contributed by atoms with E-state index in [1.807, 2.05) is 66.9 Å². The summed E-state index contributed by atoms with van der Waals surface area (Å²) in [6.07, 6.45) is 1.65. The summed E-state index contributed by atoms with van der Waals surface area (Å²) < 4.78 is 13.0. The molecule has 0 aliphatic carbocycles. The number of hydrogen-bond acceptors (Lipinski definition) is 6. The number of amides is 1. The topological polar surface area (TPSA) is 78.3 Å². The number of carbonyl (C=O) groups is 1. The van der Waals surface area contributed by atoms with Gasteiger partial charge < -0.3 is 14.8 Å². The van der Waals surface area contributed by atoms with Gasteiger partial charge in [-0.1, -0.05) is 30.0 Å². The standard InChI is InChI=1S/C23H26N4O3S/c1-5-15-24-22(28)16(3)31-23-26-25-21(19-9-7-8-10-20(19)29-4)27(23)17-11-13-18(14-12-17)30-6-2/h5,7-14,16H,1,6,15H2,2-4H3,(H,24,28)/t16-/m0/s1. The zero-order valence-electron chi connectivity index (χ0n) is 17.9. The number of carbonyl (C=O) groups excluding carboxylic acids is 1. The lowest BCUT2D eigenvalue weighted by Crippen LogP contribution is -2.31. The lowest BCUT2D eigenvalue weighted by Gasteiger charge is -2.15. The van der Waals surface area contributed by atoms with Gasteiger partial charge in [-0.25, -0.2) is 0 Å². The molecular formula is C23H26N4O3S. The average Bonchev–Trinajstić information content (AvgIpc) is 3.21. The molecule has 0 radical (unpaired) electrons. The van der Waals surface area contributed by atoms with Crippen molar-refractivity contribution >= 4 is 17.7 Å². The molecule has 1 heterocycles. The molecule has 0 saturated carbocycles. The number of ether oxygens (including phenoxy) is 2. The third kappa shape index (κ3) is 5.27. The fourth-order valence-corrected chi connectivity index (χ4v) is 3.86. The van der Waals surface area contributed by atoms with Gasteiger partial charge in [0.15, 0.2) is 11.0 Å². The minimum atomic E-state index is -0.365. The number of methoxy groups -OCH3 is 1. The van der Waals surface area contributed by atoms with Gasteiger partial charge in [0, 0.05) is 6.54 Å². The molecule has 0 bridgehead atoms. The third-order valence-corrected chi connectivity index (χ3v) is 5.50. The van der Waals surface area contributed by atoms with Crippen molar-refractivity contribution < 1.29 is 14.3 Å². The maximum Gasteiger partial charge on any atom is 0.233 e. The molecule has 8 heteroatoms. The molecule has 0 fully saturated rings. The van der Waals surface area contributed by atoms with Gasteiger partial charge in [-0.3, -0.25) is 9.36 Å². The van der Waals surface area contributed by atoms with E-state index in [0.29, 0.717) is 29.9 Å². The number of benzene rings is 2. The molecule has 7 nitrogen and oxygen atoms in total. The molecule has 1 N–H and O–H groups in total. The van der Waals surface area contributed by atoms with Crippen LogP contribution in [0.1, 0.15) is 13.8 Å². The monoisotopic (exact) mass is 438 g/mol. The first-order valence-corrected chi connectivity index (χ1v) is 10.8. The Balaban J connectivity index is 2.04. The Morgan fingerprint density at radius 2 is 1.97 bits per heavy atom. The Hall–Kier alpha value is -3.26. The van der Waals surface area contributed by atoms with Crippen molar-refractivity contribution in [1.82, 2.24) is 20.1 Å². The highest BCUT2D eigenvalue weighted by atomic mass is 32.2. The third-order valence-electron chi connectivity index (χ3n) is 4.46. The van der Waals surface area contributed by atoms with Gasteiger partial charge in [0.25, 0.3) is 0 Å². The van der Waals surface area contributed by atoms with Crippen molar-refractivity contribution in [2.24, 2.45) is 0 Å². The number of thioether (sulfide) groups is 1. The molecular weight excluding hydrogens is 412 g/mol. The second kappa shape index (κ2) is 10.7. The van der Waals surface area contributed by atoms with Crippen molar-refractivity contribution in [3.63, 3.8) is 0 Å². The summed E-state index contributed by atoms with van der Waals surface area (Å²) in [5.41, 5.74) is 1.66.